The van der Waals surface area contributed by atoms with Gasteiger partial charge in [0, 0.05) is 24.3 Å². The smallest absolute Gasteiger partial charge is 0.326 e. The van der Waals surface area contributed by atoms with Crippen molar-refractivity contribution >= 4 is 11.9 Å². The number of nitrogens with zero attached hydrogens (tertiary/aromatic N) is 2. The molecule has 0 unspecified atom stereocenters. The highest BCUT2D eigenvalue weighted by Crippen LogP contribution is 2.51. The first-order chi connectivity index (χ1) is 19.6. The number of pyridine rings is 1. The van der Waals surface area contributed by atoms with Crippen molar-refractivity contribution in [2.24, 2.45) is 11.3 Å². The van der Waals surface area contributed by atoms with Gasteiger partial charge in [-0.2, -0.15) is 0 Å². The number of hydrogen-bond acceptors (Lipinski definition) is 6. The quantitative estimate of drug-likeness (QED) is 0.431. The fourth-order valence-electron chi connectivity index (χ4n) is 6.89. The molecule has 0 bridgehead atoms. The average molecular weight is 565 g/mol. The molecule has 222 valence electrons. The Morgan fingerprint density at radius 3 is 2.46 bits per heavy atom. The summed E-state index contributed by atoms with van der Waals surface area (Å²) in [7, 11) is 1.60. The highest BCUT2D eigenvalue weighted by atomic mass is 16.5. The van der Waals surface area contributed by atoms with Crippen LogP contribution >= 0.6 is 0 Å². The van der Waals surface area contributed by atoms with Crippen LogP contribution in [0.2, 0.25) is 0 Å². The number of methoxy groups -OCH3 is 1. The van der Waals surface area contributed by atoms with Crippen molar-refractivity contribution in [2.45, 2.75) is 103 Å². The number of benzene rings is 1. The maximum Gasteiger partial charge on any atom is 0.326 e. The van der Waals surface area contributed by atoms with E-state index in [2.05, 4.69) is 11.1 Å². The fourth-order valence-corrected chi connectivity index (χ4v) is 6.89. The van der Waals surface area contributed by atoms with Crippen LogP contribution in [0.15, 0.2) is 36.5 Å². The van der Waals surface area contributed by atoms with E-state index in [1.807, 2.05) is 58.2 Å². The van der Waals surface area contributed by atoms with E-state index in [4.69, 9.17) is 14.2 Å². The normalized spacial score (nSPS) is 27.0. The standard InChI is InChI=1S/C33H44N2O6/c1-20-11-6-7-14-24(20)27-29(41-19-23-17-22(21-12-10-13-21)18-34-30(23)39-5)26(33(2,3)4)28(32(37)38)35(27)31(36)25-15-8-9-16-40-25/h6-7,11,14,17-18,21,25-29H,8-10,12-13,15-16,19H2,1-5H3,(H,37,38)/t25-,26+,27-,28-,29-/m0/s1. The number of carbonyl (C=O) groups is 2. The molecule has 1 aromatic heterocycles. The van der Waals surface area contributed by atoms with Crippen molar-refractivity contribution in [3.63, 3.8) is 0 Å². The number of carboxylic acids is 1. The third-order valence-corrected chi connectivity index (χ3v) is 9.22. The molecule has 8 nitrogen and oxygen atoms in total. The molecule has 1 aliphatic carbocycles. The third kappa shape index (κ3) is 5.86. The minimum Gasteiger partial charge on any atom is -0.481 e. The Labute approximate surface area is 243 Å². The summed E-state index contributed by atoms with van der Waals surface area (Å²) in [5, 5.41) is 10.7. The molecule has 2 aromatic rings. The second-order valence-corrected chi connectivity index (χ2v) is 12.9. The first-order valence-electron chi connectivity index (χ1n) is 15.0. The zero-order chi connectivity index (χ0) is 29.3. The second-order valence-electron chi connectivity index (χ2n) is 12.9. The summed E-state index contributed by atoms with van der Waals surface area (Å²) in [4.78, 5) is 33.5. The molecular weight excluding hydrogens is 520 g/mol. The van der Waals surface area contributed by atoms with E-state index in [-0.39, 0.29) is 12.5 Å². The summed E-state index contributed by atoms with van der Waals surface area (Å²) in [6.45, 7) is 8.80. The second kappa shape index (κ2) is 12.1. The Morgan fingerprint density at radius 1 is 1.12 bits per heavy atom. The number of aliphatic carboxylic acids is 1. The van der Waals surface area contributed by atoms with Crippen LogP contribution in [0.25, 0.3) is 0 Å². The Morgan fingerprint density at radius 2 is 1.88 bits per heavy atom. The maximum atomic E-state index is 14.2. The van der Waals surface area contributed by atoms with Crippen molar-refractivity contribution in [3.8, 4) is 5.88 Å². The molecule has 5 rings (SSSR count). The number of amides is 1. The average Bonchev–Trinajstić information content (AvgIpc) is 3.27. The lowest BCUT2D eigenvalue weighted by molar-refractivity contribution is -0.159. The van der Waals surface area contributed by atoms with Gasteiger partial charge in [-0.15, -0.1) is 0 Å². The van der Waals surface area contributed by atoms with Crippen LogP contribution < -0.4 is 4.74 Å². The lowest BCUT2D eigenvalue weighted by atomic mass is 9.73. The predicted molar refractivity (Wildman–Crippen MR) is 155 cm³/mol. The van der Waals surface area contributed by atoms with Crippen LogP contribution in [-0.4, -0.2) is 58.8 Å². The molecule has 0 radical (unpaired) electrons. The van der Waals surface area contributed by atoms with Gasteiger partial charge in [-0.25, -0.2) is 9.78 Å². The zero-order valence-electron chi connectivity index (χ0n) is 25.0. The van der Waals surface area contributed by atoms with Crippen LogP contribution in [0.1, 0.15) is 93.5 Å². The van der Waals surface area contributed by atoms with E-state index in [1.54, 1.807) is 12.0 Å². The van der Waals surface area contributed by atoms with E-state index in [0.29, 0.717) is 24.8 Å². The van der Waals surface area contributed by atoms with Gasteiger partial charge in [0.15, 0.2) is 0 Å². The molecule has 2 aliphatic heterocycles. The van der Waals surface area contributed by atoms with Crippen molar-refractivity contribution < 1.29 is 28.9 Å². The molecule has 1 N–H and O–H groups in total. The number of likely N-dealkylation sites (tertiary alicyclic amines) is 1. The predicted octanol–water partition coefficient (Wildman–Crippen LogP) is 5.82. The Kier molecular flexibility index (Phi) is 8.71. The number of rotatable bonds is 8. The number of aryl methyl sites for hydroxylation is 1. The van der Waals surface area contributed by atoms with Gasteiger partial charge in [-0.05, 0) is 73.1 Å². The van der Waals surface area contributed by atoms with Crippen LogP contribution in [0.3, 0.4) is 0 Å². The van der Waals surface area contributed by atoms with Gasteiger partial charge >= 0.3 is 5.97 Å². The maximum absolute atomic E-state index is 14.2. The number of ether oxygens (including phenoxy) is 3. The molecule has 1 amide bonds. The zero-order valence-corrected chi connectivity index (χ0v) is 25.0. The summed E-state index contributed by atoms with van der Waals surface area (Å²) >= 11 is 0. The monoisotopic (exact) mass is 564 g/mol. The molecule has 2 saturated heterocycles. The minimum atomic E-state index is -1.07. The van der Waals surface area contributed by atoms with Gasteiger partial charge < -0.3 is 24.2 Å². The molecule has 3 fully saturated rings. The number of carboxylic acid groups (broad SMARTS) is 1. The number of hydrogen-bond donors (Lipinski definition) is 1. The lowest BCUT2D eigenvalue weighted by Crippen LogP contribution is -2.51. The Balaban J connectivity index is 1.58. The highest BCUT2D eigenvalue weighted by Gasteiger charge is 2.59. The van der Waals surface area contributed by atoms with Gasteiger partial charge in [0.05, 0.1) is 25.9 Å². The van der Waals surface area contributed by atoms with Crippen molar-refractivity contribution in [1.82, 2.24) is 9.88 Å². The number of carbonyl (C=O) groups excluding carboxylic acids is 1. The van der Waals surface area contributed by atoms with E-state index >= 15 is 0 Å². The van der Waals surface area contributed by atoms with Crippen molar-refractivity contribution in [2.75, 3.05) is 13.7 Å². The van der Waals surface area contributed by atoms with Crippen LogP contribution in [0.4, 0.5) is 0 Å². The van der Waals surface area contributed by atoms with Gasteiger partial charge in [0.25, 0.3) is 5.91 Å². The number of aromatic nitrogens is 1. The molecule has 41 heavy (non-hydrogen) atoms. The summed E-state index contributed by atoms with van der Waals surface area (Å²) in [6.07, 6.45) is 6.55. The highest BCUT2D eigenvalue weighted by molar-refractivity contribution is 5.88. The van der Waals surface area contributed by atoms with E-state index in [9.17, 15) is 14.7 Å². The van der Waals surface area contributed by atoms with Crippen molar-refractivity contribution in [3.05, 3.63) is 58.8 Å². The molecule has 3 heterocycles. The summed E-state index contributed by atoms with van der Waals surface area (Å²) in [5.41, 5.74) is 3.42. The SMILES string of the molecule is COc1ncc(C2CCC2)cc1CO[C@H]1[C@H](C(C)(C)C)[C@@H](C(=O)O)N(C(=O)[C@@H]2CCCCO2)[C@H]1c1ccccc1C. The van der Waals surface area contributed by atoms with E-state index in [1.165, 1.54) is 12.0 Å². The van der Waals surface area contributed by atoms with E-state index < -0.39 is 41.6 Å². The van der Waals surface area contributed by atoms with Gasteiger partial charge in [-0.3, -0.25) is 4.79 Å². The Bertz CT molecular complexity index is 1250. The van der Waals surface area contributed by atoms with E-state index in [0.717, 1.165) is 42.4 Å². The Hall–Kier alpha value is -2.97. The fraction of sp³-hybridized carbons (Fsp3) is 0.606. The van der Waals surface area contributed by atoms with Crippen molar-refractivity contribution in [1.29, 1.82) is 0 Å². The van der Waals surface area contributed by atoms with Crippen LogP contribution in [-0.2, 0) is 25.7 Å². The van der Waals surface area contributed by atoms with Gasteiger partial charge in [0.2, 0.25) is 5.88 Å². The molecule has 0 spiro atoms. The largest absolute Gasteiger partial charge is 0.481 e. The third-order valence-electron chi connectivity index (χ3n) is 9.22. The molecule has 1 saturated carbocycles. The first-order valence-corrected chi connectivity index (χ1v) is 15.0. The first kappa shape index (κ1) is 29.5. The molecule has 8 heteroatoms. The van der Waals surface area contributed by atoms with Gasteiger partial charge in [-0.1, -0.05) is 51.5 Å². The molecule has 1 aromatic carbocycles. The van der Waals surface area contributed by atoms with Crippen LogP contribution in [0.5, 0.6) is 5.88 Å². The molecule has 5 atom stereocenters. The molecular formula is C33H44N2O6. The molecule has 3 aliphatic rings. The van der Waals surface area contributed by atoms with Crippen LogP contribution in [0, 0.1) is 18.3 Å². The lowest BCUT2D eigenvalue weighted by Gasteiger charge is -2.35. The van der Waals surface area contributed by atoms with Gasteiger partial charge in [0.1, 0.15) is 12.1 Å². The topological polar surface area (TPSA) is 98.2 Å². The summed E-state index contributed by atoms with van der Waals surface area (Å²) in [6, 6.07) is 8.35. The summed E-state index contributed by atoms with van der Waals surface area (Å²) < 4.78 is 18.3. The minimum absolute atomic E-state index is 0.199. The summed E-state index contributed by atoms with van der Waals surface area (Å²) in [5.74, 6) is -0.766.